The molecule has 114 valence electrons. The molecule has 4 N–H and O–H groups in total. The van der Waals surface area contributed by atoms with E-state index >= 15 is 0 Å². The molecule has 0 aromatic carbocycles. The molecule has 2 aromatic rings. The fourth-order valence-electron chi connectivity index (χ4n) is 2.55. The summed E-state index contributed by atoms with van der Waals surface area (Å²) in [5.41, 5.74) is 7.47. The van der Waals surface area contributed by atoms with Crippen molar-refractivity contribution in [3.8, 4) is 0 Å². The average molecular weight is 466 g/mol. The summed E-state index contributed by atoms with van der Waals surface area (Å²) < 4.78 is 2.64. The van der Waals surface area contributed by atoms with E-state index in [1.165, 1.54) is 6.20 Å². The summed E-state index contributed by atoms with van der Waals surface area (Å²) in [4.78, 5) is 11.6. The number of carbonyl (C=O) groups excluding carboxylic acids is 1. The van der Waals surface area contributed by atoms with E-state index < -0.39 is 5.91 Å². The van der Waals surface area contributed by atoms with E-state index in [1.54, 1.807) is 4.52 Å². The first kappa shape index (κ1) is 16.5. The normalized spacial score (nSPS) is 21.2. The Morgan fingerprint density at radius 1 is 1.62 bits per heavy atom. The molecule has 1 aliphatic rings. The van der Waals surface area contributed by atoms with Gasteiger partial charge in [0.15, 0.2) is 0 Å². The van der Waals surface area contributed by atoms with E-state index in [1.807, 2.05) is 12.3 Å². The van der Waals surface area contributed by atoms with Gasteiger partial charge in [-0.3, -0.25) is 4.79 Å². The van der Waals surface area contributed by atoms with Gasteiger partial charge in [-0.2, -0.15) is 5.10 Å². The van der Waals surface area contributed by atoms with Gasteiger partial charge in [0, 0.05) is 23.3 Å². The standard InChI is InChI=1S/C13H16BrN5O.HI/c1-7-3-16-5-10(7)18-12-9(13(15)20)4-17-19-6-8(14)2-11(12)19;/h2,4,6-7,10,16,18H,3,5H2,1H3,(H2,15,20);1H/t7-,10+;/m0./s1. The predicted molar refractivity (Wildman–Crippen MR) is 82.0 cm³/mol. The highest BCUT2D eigenvalue weighted by atomic mass is 127. The zero-order chi connectivity index (χ0) is 14.3. The smallest absolute Gasteiger partial charge is 1.00 e. The molecule has 6 nitrogen and oxygen atoms in total. The number of primary amides is 1. The van der Waals surface area contributed by atoms with Crippen LogP contribution < -0.4 is 40.3 Å². The van der Waals surface area contributed by atoms with Crippen molar-refractivity contribution in [2.24, 2.45) is 11.7 Å². The van der Waals surface area contributed by atoms with Crippen molar-refractivity contribution < 1.29 is 30.2 Å². The Bertz CT molecular complexity index is 680. The maximum atomic E-state index is 11.6. The first-order valence-corrected chi connectivity index (χ1v) is 7.29. The minimum Gasteiger partial charge on any atom is -1.00 e. The van der Waals surface area contributed by atoms with E-state index in [0.29, 0.717) is 11.5 Å². The fraction of sp³-hybridized carbons (Fsp3) is 0.385. The highest BCUT2D eigenvalue weighted by Crippen LogP contribution is 2.27. The van der Waals surface area contributed by atoms with Crippen molar-refractivity contribution in [3.63, 3.8) is 0 Å². The maximum absolute atomic E-state index is 11.6. The number of aromatic nitrogens is 2. The van der Waals surface area contributed by atoms with Gasteiger partial charge < -0.3 is 40.3 Å². The Kier molecular flexibility index (Phi) is 5.10. The van der Waals surface area contributed by atoms with Gasteiger partial charge in [0.2, 0.25) is 0 Å². The van der Waals surface area contributed by atoms with E-state index in [2.05, 4.69) is 38.6 Å². The number of amides is 1. The summed E-state index contributed by atoms with van der Waals surface area (Å²) in [6.07, 6.45) is 3.36. The van der Waals surface area contributed by atoms with Crippen LogP contribution in [0.5, 0.6) is 0 Å². The van der Waals surface area contributed by atoms with Crippen LogP contribution in [0.15, 0.2) is 22.9 Å². The molecule has 2 atom stereocenters. The van der Waals surface area contributed by atoms with Crippen molar-refractivity contribution in [3.05, 3.63) is 28.5 Å². The van der Waals surface area contributed by atoms with Crippen LogP contribution in [0.1, 0.15) is 18.7 Å². The number of nitrogens with two attached hydrogens (primary N) is 1. The van der Waals surface area contributed by atoms with Gasteiger partial charge in [-0.15, -0.1) is 0 Å². The molecule has 21 heavy (non-hydrogen) atoms. The lowest BCUT2D eigenvalue weighted by molar-refractivity contribution is -0.0000124. The second kappa shape index (κ2) is 6.49. The molecular weight excluding hydrogens is 449 g/mol. The molecule has 0 radical (unpaired) electrons. The van der Waals surface area contributed by atoms with Gasteiger partial charge in [-0.25, -0.2) is 4.52 Å². The van der Waals surface area contributed by atoms with Crippen LogP contribution in [0.4, 0.5) is 5.69 Å². The first-order chi connectivity index (χ1) is 9.56. The van der Waals surface area contributed by atoms with Gasteiger partial charge in [-0.1, -0.05) is 6.92 Å². The maximum Gasteiger partial charge on any atom is 1.00 e. The molecule has 1 saturated heterocycles. The van der Waals surface area contributed by atoms with Gasteiger partial charge in [0.1, 0.15) is 0 Å². The number of carbonyl (C=O) groups is 1. The monoisotopic (exact) mass is 465 g/mol. The average Bonchev–Trinajstić information content (AvgIpc) is 2.95. The number of nitrogens with zero attached hydrogens (tertiary/aromatic N) is 2. The van der Waals surface area contributed by atoms with Crippen LogP contribution in [0.25, 0.3) is 5.52 Å². The van der Waals surface area contributed by atoms with Gasteiger partial charge >= 0.3 is 1.43 Å². The van der Waals surface area contributed by atoms with E-state index in [4.69, 9.17) is 5.73 Å². The fourth-order valence-corrected chi connectivity index (χ4v) is 2.96. The number of hydrogen-bond acceptors (Lipinski definition) is 4. The van der Waals surface area contributed by atoms with Crippen LogP contribution >= 0.6 is 15.9 Å². The van der Waals surface area contributed by atoms with Crippen molar-refractivity contribution >= 4 is 33.0 Å². The number of hydrogen-bond donors (Lipinski definition) is 3. The third kappa shape index (κ3) is 3.16. The molecule has 3 rings (SSSR count). The molecule has 0 aliphatic carbocycles. The van der Waals surface area contributed by atoms with Crippen molar-refractivity contribution in [1.29, 1.82) is 0 Å². The zero-order valence-electron chi connectivity index (χ0n) is 12.4. The van der Waals surface area contributed by atoms with Crippen LogP contribution in [-0.4, -0.2) is 34.7 Å². The molecule has 1 fully saturated rings. The molecule has 0 saturated carbocycles. The third-order valence-corrected chi connectivity index (χ3v) is 4.15. The van der Waals surface area contributed by atoms with Gasteiger partial charge in [0.05, 0.1) is 23.0 Å². The van der Waals surface area contributed by atoms with Crippen LogP contribution in [0, 0.1) is 5.92 Å². The highest BCUT2D eigenvalue weighted by Gasteiger charge is 2.25. The lowest BCUT2D eigenvalue weighted by Gasteiger charge is -2.20. The van der Waals surface area contributed by atoms with E-state index in [0.717, 1.165) is 28.8 Å². The van der Waals surface area contributed by atoms with Crippen LogP contribution in [0.2, 0.25) is 0 Å². The van der Waals surface area contributed by atoms with Gasteiger partial charge in [-0.05, 0) is 34.5 Å². The Balaban J connectivity index is 0.00000121. The largest absolute Gasteiger partial charge is 1.00 e. The molecule has 0 unspecified atom stereocenters. The van der Waals surface area contributed by atoms with Crippen LogP contribution in [-0.2, 0) is 0 Å². The van der Waals surface area contributed by atoms with Crippen molar-refractivity contribution in [2.45, 2.75) is 13.0 Å². The van der Waals surface area contributed by atoms with Crippen molar-refractivity contribution in [1.82, 2.24) is 14.9 Å². The summed E-state index contributed by atoms with van der Waals surface area (Å²) in [6, 6.07) is 2.20. The molecule has 1 aliphatic heterocycles. The summed E-state index contributed by atoms with van der Waals surface area (Å²) in [5, 5.41) is 11.0. The number of anilines is 1. The molecule has 3 heterocycles. The van der Waals surface area contributed by atoms with Crippen LogP contribution in [0.3, 0.4) is 0 Å². The number of fused-ring (bicyclic) bond motifs is 1. The minimum absolute atomic E-state index is 0. The number of rotatable bonds is 3. The molecule has 0 spiro atoms. The summed E-state index contributed by atoms with van der Waals surface area (Å²) >= 11 is 3.43. The van der Waals surface area contributed by atoms with E-state index in [9.17, 15) is 4.79 Å². The highest BCUT2D eigenvalue weighted by molar-refractivity contribution is 9.10. The number of halogens is 2. The Morgan fingerprint density at radius 2 is 2.38 bits per heavy atom. The second-order valence-electron chi connectivity index (χ2n) is 5.17. The second-order valence-corrected chi connectivity index (χ2v) is 6.09. The molecule has 0 bridgehead atoms. The minimum atomic E-state index is -0.474. The van der Waals surface area contributed by atoms with Gasteiger partial charge in [0.25, 0.3) is 5.91 Å². The van der Waals surface area contributed by atoms with E-state index in [-0.39, 0.29) is 31.4 Å². The zero-order valence-corrected chi connectivity index (χ0v) is 15.2. The first-order valence-electron chi connectivity index (χ1n) is 6.50. The Morgan fingerprint density at radius 3 is 3.00 bits per heavy atom. The molecular formula is C13H17BrIN5O. The summed E-state index contributed by atoms with van der Waals surface area (Å²) in [5.74, 6) is 0.0146. The lowest BCUT2D eigenvalue weighted by atomic mass is 10.1. The SMILES string of the molecule is C[C@H]1CNC[C@H]1Nc1c(C(N)=O)cnn2cc(Br)cc12.[H+].[I-]. The quantitative estimate of drug-likeness (QED) is 0.473. The van der Waals surface area contributed by atoms with Crippen molar-refractivity contribution in [2.75, 3.05) is 18.4 Å². The number of nitrogens with one attached hydrogen (secondary N) is 2. The Labute approximate surface area is 149 Å². The predicted octanol–water partition coefficient (Wildman–Crippen LogP) is -1.67. The topological polar surface area (TPSA) is 84.5 Å². The molecule has 2 aromatic heterocycles. The lowest BCUT2D eigenvalue weighted by Crippen LogP contribution is -3.00. The third-order valence-electron chi connectivity index (χ3n) is 3.72. The molecule has 8 heteroatoms. The summed E-state index contributed by atoms with van der Waals surface area (Å²) in [6.45, 7) is 4.01. The summed E-state index contributed by atoms with van der Waals surface area (Å²) in [7, 11) is 0. The Hall–Kier alpha value is -0.870. The molecule has 1 amide bonds.